The summed E-state index contributed by atoms with van der Waals surface area (Å²) in [4.78, 5) is 101. The van der Waals surface area contributed by atoms with Gasteiger partial charge in [0.2, 0.25) is 17.7 Å². The maximum atomic E-state index is 13.7. The number of carbonyl (C=O) groups excluding carboxylic acids is 8. The number of aliphatic hydroxyl groups excluding tert-OH is 2. The van der Waals surface area contributed by atoms with Crippen LogP contribution in [-0.4, -0.2) is 138 Å². The normalized spacial score (nSPS) is 20.9. The lowest BCUT2D eigenvalue weighted by molar-refractivity contribution is -0.252. The van der Waals surface area contributed by atoms with Gasteiger partial charge in [0.1, 0.15) is 35.9 Å². The summed E-state index contributed by atoms with van der Waals surface area (Å²) in [5.41, 5.74) is 5.82. The predicted octanol–water partition coefficient (Wildman–Crippen LogP) is -0.170. The molecule has 0 aromatic heterocycles. The first-order valence-corrected chi connectivity index (χ1v) is 20.6. The fourth-order valence-corrected chi connectivity index (χ4v) is 6.50. The third kappa shape index (κ3) is 16.3. The molecule has 7 atom stereocenters. The molecule has 344 valence electrons. The van der Waals surface area contributed by atoms with Crippen LogP contribution in [0.5, 0.6) is 0 Å². The van der Waals surface area contributed by atoms with E-state index in [0.29, 0.717) is 37.9 Å². The molecule has 21 heteroatoms. The molecule has 3 rings (SSSR count). The van der Waals surface area contributed by atoms with Gasteiger partial charge in [0.05, 0.1) is 0 Å². The molecule has 10 N–H and O–H groups in total. The molecule has 0 spiro atoms. The molecule has 2 aliphatic heterocycles. The lowest BCUT2D eigenvalue weighted by atomic mass is 9.95. The zero-order valence-electron chi connectivity index (χ0n) is 36.1. The number of imide groups is 1. The molecule has 1 fully saturated rings. The first-order chi connectivity index (χ1) is 29.2. The number of rotatable bonds is 22. The number of nitrogens with two attached hydrogens (primary N) is 1. The number of aliphatic hydroxyl groups is 2. The van der Waals surface area contributed by atoms with Crippen LogP contribution in [0.15, 0.2) is 36.4 Å². The number of amides is 9. The number of alkyl carbamates (subject to hydrolysis) is 1. The van der Waals surface area contributed by atoms with Crippen molar-refractivity contribution in [3.63, 3.8) is 0 Å². The van der Waals surface area contributed by atoms with Crippen LogP contribution >= 0.6 is 0 Å². The van der Waals surface area contributed by atoms with Crippen molar-refractivity contribution in [3.8, 4) is 0 Å². The highest BCUT2D eigenvalue weighted by molar-refractivity contribution is 6.12. The molecule has 4 unspecified atom stereocenters. The highest BCUT2D eigenvalue weighted by Gasteiger charge is 2.49. The van der Waals surface area contributed by atoms with Crippen molar-refractivity contribution in [1.82, 2.24) is 31.5 Å². The van der Waals surface area contributed by atoms with Crippen LogP contribution in [0.1, 0.15) is 78.7 Å². The molecule has 1 saturated heterocycles. The second-order valence-electron chi connectivity index (χ2n) is 16.3. The Labute approximate surface area is 360 Å². The van der Waals surface area contributed by atoms with Gasteiger partial charge in [-0.3, -0.25) is 33.7 Å². The van der Waals surface area contributed by atoms with Crippen LogP contribution in [0, 0.1) is 5.92 Å². The third-order valence-corrected chi connectivity index (χ3v) is 9.76. The van der Waals surface area contributed by atoms with Crippen molar-refractivity contribution in [2.45, 2.75) is 128 Å². The Kier molecular flexibility index (Phi) is 19.7. The number of carbonyl (C=O) groups is 8. The monoisotopic (exact) mass is 874 g/mol. The van der Waals surface area contributed by atoms with Crippen molar-refractivity contribution in [3.05, 3.63) is 42.0 Å². The van der Waals surface area contributed by atoms with E-state index in [1.165, 1.54) is 19.3 Å². The van der Waals surface area contributed by atoms with Crippen LogP contribution < -0.4 is 37.6 Å². The van der Waals surface area contributed by atoms with Gasteiger partial charge in [0.25, 0.3) is 17.7 Å². The summed E-state index contributed by atoms with van der Waals surface area (Å²) in [7, 11) is 1.22. The highest BCUT2D eigenvalue weighted by atomic mass is 16.7. The fourth-order valence-electron chi connectivity index (χ4n) is 6.50. The number of nitrogens with zero attached hydrogens (tertiary/aromatic N) is 1. The second kappa shape index (κ2) is 24.1. The topological polar surface area (TPSA) is 306 Å². The van der Waals surface area contributed by atoms with Crippen molar-refractivity contribution in [1.29, 1.82) is 0 Å². The average Bonchev–Trinajstić information content (AvgIpc) is 3.51. The molecule has 9 amide bonds. The first-order valence-electron chi connectivity index (χ1n) is 20.6. The Morgan fingerprint density at radius 1 is 0.871 bits per heavy atom. The Balaban J connectivity index is 1.59. The quantitative estimate of drug-likeness (QED) is 0.0541. The third-order valence-electron chi connectivity index (χ3n) is 9.76. The van der Waals surface area contributed by atoms with Gasteiger partial charge >= 0.3 is 12.1 Å². The van der Waals surface area contributed by atoms with E-state index in [9.17, 15) is 48.6 Å². The van der Waals surface area contributed by atoms with Crippen molar-refractivity contribution >= 4 is 53.3 Å². The molecule has 2 heterocycles. The molecule has 0 saturated carbocycles. The minimum absolute atomic E-state index is 0.00851. The van der Waals surface area contributed by atoms with E-state index < -0.39 is 90.0 Å². The zero-order chi connectivity index (χ0) is 46.1. The summed E-state index contributed by atoms with van der Waals surface area (Å²) in [5.74, 6) is -4.16. The van der Waals surface area contributed by atoms with E-state index in [2.05, 4.69) is 31.9 Å². The standard InChI is InChI=1S/C41H62N8O13/c1-23(2)30(48-37(57)34-33(54)32(53)31(38(60-6)61-34)47-27(50)12-8-7-9-22-49-28(51)17-18-29(49)52)36(56)46-26(11-10-20-43-39(42)58)35(55)45-25-15-13-24(14-16-25)19-21-44-40(59)62-41(3,4)5/h13-18,23,26,30-34,38,53-54H,7-12,19-22H2,1-6H3,(H,44,59)(H,45,55)(H,46,56)(H,47,50)(H,48,57)(H3,42,43,58)/t26?,30-,31?,32-,33?,34+,38?/m1/s1. The maximum Gasteiger partial charge on any atom is 0.407 e. The van der Waals surface area contributed by atoms with Crippen molar-refractivity contribution < 1.29 is 62.8 Å². The number of unbranched alkanes of at least 4 members (excludes halogenated alkanes) is 2. The molecular formula is C41H62N8O13. The SMILES string of the molecule is COC1O[C@H](C(=O)N[C@@H](C(=O)NC(CCCNC(N)=O)C(=O)Nc2ccc(CCNC(=O)OC(C)(C)C)cc2)C(C)C)C(O)[C@H](O)C1NC(=O)CCCCCN1C(=O)C=CC1=O. The van der Waals surface area contributed by atoms with E-state index in [1.807, 2.05) is 0 Å². The van der Waals surface area contributed by atoms with Gasteiger partial charge in [0, 0.05) is 51.0 Å². The lowest BCUT2D eigenvalue weighted by Gasteiger charge is -2.42. The number of nitrogens with one attached hydrogen (secondary N) is 6. The summed E-state index contributed by atoms with van der Waals surface area (Å²) in [6.07, 6.45) is -2.70. The van der Waals surface area contributed by atoms with E-state index in [4.69, 9.17) is 19.9 Å². The summed E-state index contributed by atoms with van der Waals surface area (Å²) in [5, 5.41) is 37.7. The zero-order valence-corrected chi connectivity index (χ0v) is 36.1. The number of urea groups is 1. The molecule has 0 aliphatic carbocycles. The van der Waals surface area contributed by atoms with Gasteiger partial charge < -0.3 is 62.1 Å². The second-order valence-corrected chi connectivity index (χ2v) is 16.3. The number of anilines is 1. The van der Waals surface area contributed by atoms with Crippen LogP contribution in [0.4, 0.5) is 15.3 Å². The van der Waals surface area contributed by atoms with Gasteiger partial charge in [-0.15, -0.1) is 0 Å². The summed E-state index contributed by atoms with van der Waals surface area (Å²) in [6, 6.07) is 2.38. The molecule has 0 bridgehead atoms. The van der Waals surface area contributed by atoms with E-state index in [1.54, 1.807) is 58.9 Å². The highest BCUT2D eigenvalue weighted by Crippen LogP contribution is 2.23. The number of primary amides is 1. The van der Waals surface area contributed by atoms with Gasteiger partial charge in [-0.05, 0) is 76.5 Å². The van der Waals surface area contributed by atoms with Gasteiger partial charge in [-0.2, -0.15) is 0 Å². The molecular weight excluding hydrogens is 812 g/mol. The predicted molar refractivity (Wildman–Crippen MR) is 222 cm³/mol. The minimum Gasteiger partial charge on any atom is -0.444 e. The van der Waals surface area contributed by atoms with E-state index in [-0.39, 0.29) is 44.2 Å². The largest absolute Gasteiger partial charge is 0.444 e. The summed E-state index contributed by atoms with van der Waals surface area (Å²) < 4.78 is 16.3. The maximum absolute atomic E-state index is 13.7. The molecule has 21 nitrogen and oxygen atoms in total. The number of hydrogen-bond donors (Lipinski definition) is 9. The minimum atomic E-state index is -1.87. The van der Waals surface area contributed by atoms with Crippen LogP contribution in [0.3, 0.4) is 0 Å². The van der Waals surface area contributed by atoms with E-state index >= 15 is 0 Å². The number of ether oxygens (including phenoxy) is 3. The van der Waals surface area contributed by atoms with Gasteiger partial charge in [0.15, 0.2) is 12.4 Å². The number of benzene rings is 1. The number of methoxy groups -OCH3 is 1. The summed E-state index contributed by atoms with van der Waals surface area (Å²) in [6.45, 7) is 9.20. The smallest absolute Gasteiger partial charge is 0.407 e. The Bertz CT molecular complexity index is 1750. The fraction of sp³-hybridized carbons (Fsp3) is 0.610. The van der Waals surface area contributed by atoms with Crippen LogP contribution in [0.2, 0.25) is 0 Å². The first kappa shape index (κ1) is 50.7. The Morgan fingerprint density at radius 3 is 2.13 bits per heavy atom. The number of hydrogen-bond acceptors (Lipinski definition) is 13. The van der Waals surface area contributed by atoms with Gasteiger partial charge in [-0.1, -0.05) is 32.4 Å². The summed E-state index contributed by atoms with van der Waals surface area (Å²) >= 11 is 0. The molecule has 1 aromatic rings. The molecule has 62 heavy (non-hydrogen) atoms. The Hall–Kier alpha value is -5.64. The van der Waals surface area contributed by atoms with Crippen molar-refractivity contribution in [2.24, 2.45) is 11.7 Å². The van der Waals surface area contributed by atoms with Crippen molar-refractivity contribution in [2.75, 3.05) is 32.1 Å². The lowest BCUT2D eigenvalue weighted by Crippen LogP contribution is -2.67. The van der Waals surface area contributed by atoms with E-state index in [0.717, 1.165) is 10.5 Å². The molecule has 0 radical (unpaired) electrons. The van der Waals surface area contributed by atoms with Crippen LogP contribution in [0.25, 0.3) is 0 Å². The average molecular weight is 875 g/mol. The van der Waals surface area contributed by atoms with Gasteiger partial charge in [-0.25, -0.2) is 9.59 Å². The Morgan fingerprint density at radius 2 is 1.53 bits per heavy atom. The molecule has 1 aromatic carbocycles. The van der Waals surface area contributed by atoms with Crippen LogP contribution in [-0.2, 0) is 49.4 Å². The molecule has 2 aliphatic rings.